The third-order valence-electron chi connectivity index (χ3n) is 2.27. The topological polar surface area (TPSA) is 83.8 Å². The van der Waals surface area contributed by atoms with Gasteiger partial charge in [-0.3, -0.25) is 4.79 Å². The zero-order chi connectivity index (χ0) is 12.6. The van der Waals surface area contributed by atoms with Gasteiger partial charge in [0.1, 0.15) is 11.6 Å². The van der Waals surface area contributed by atoms with Crippen molar-refractivity contribution < 1.29 is 0 Å². The fourth-order valence-electron chi connectivity index (χ4n) is 1.68. The van der Waals surface area contributed by atoms with E-state index in [9.17, 15) is 4.79 Å². The van der Waals surface area contributed by atoms with Crippen LogP contribution >= 0.6 is 0 Å². The van der Waals surface area contributed by atoms with Crippen LogP contribution in [0.1, 0.15) is 20.8 Å². The van der Waals surface area contributed by atoms with Gasteiger partial charge >= 0.3 is 0 Å². The van der Waals surface area contributed by atoms with Crippen molar-refractivity contribution in [3.63, 3.8) is 0 Å². The lowest BCUT2D eigenvalue weighted by Gasteiger charge is -2.22. The molecule has 0 unspecified atom stereocenters. The maximum Gasteiger partial charge on any atom is 0.259 e. The van der Waals surface area contributed by atoms with E-state index in [0.29, 0.717) is 17.0 Å². The summed E-state index contributed by atoms with van der Waals surface area (Å²) in [4.78, 5) is 18.7. The molecule has 0 aliphatic rings. The van der Waals surface area contributed by atoms with E-state index in [-0.39, 0.29) is 11.1 Å². The van der Waals surface area contributed by atoms with Gasteiger partial charge in [0, 0.05) is 11.7 Å². The number of pyridine rings is 2. The minimum atomic E-state index is -0.185. The molecule has 0 aliphatic carbocycles. The Bertz CT molecular complexity index is 610. The highest BCUT2D eigenvalue weighted by Crippen LogP contribution is 2.22. The number of nitrogens with two attached hydrogens (primary N) is 1. The molecule has 0 saturated carbocycles. The van der Waals surface area contributed by atoms with Crippen molar-refractivity contribution in [1.29, 1.82) is 0 Å². The van der Waals surface area contributed by atoms with Crippen LogP contribution < -0.4 is 16.6 Å². The van der Waals surface area contributed by atoms with E-state index in [1.165, 1.54) is 0 Å². The van der Waals surface area contributed by atoms with Crippen molar-refractivity contribution in [3.05, 3.63) is 28.7 Å². The van der Waals surface area contributed by atoms with Crippen molar-refractivity contribution in [1.82, 2.24) is 9.97 Å². The second-order valence-electron chi connectivity index (χ2n) is 5.04. The smallest absolute Gasteiger partial charge is 0.259 e. The summed E-state index contributed by atoms with van der Waals surface area (Å²) in [5, 5.41) is 4.52. The van der Waals surface area contributed by atoms with Crippen LogP contribution in [0.5, 0.6) is 0 Å². The summed E-state index contributed by atoms with van der Waals surface area (Å²) in [6.07, 6.45) is 1.60. The third kappa shape index (κ3) is 2.38. The van der Waals surface area contributed by atoms with Gasteiger partial charge in [-0.25, -0.2) is 4.98 Å². The molecule has 17 heavy (non-hydrogen) atoms. The largest absolute Gasteiger partial charge is 0.384 e. The SMILES string of the molecule is CC(C)(C)Nc1nc(N)cc2cc[nH]c(=O)c12. The minimum Gasteiger partial charge on any atom is -0.384 e. The Morgan fingerprint density at radius 3 is 2.76 bits per heavy atom. The molecule has 2 aromatic rings. The first-order valence-electron chi connectivity index (χ1n) is 5.43. The summed E-state index contributed by atoms with van der Waals surface area (Å²) < 4.78 is 0. The van der Waals surface area contributed by atoms with Gasteiger partial charge in [-0.15, -0.1) is 0 Å². The molecule has 0 aliphatic heterocycles. The van der Waals surface area contributed by atoms with E-state index < -0.39 is 0 Å². The molecular formula is C12H16N4O. The highest BCUT2D eigenvalue weighted by Gasteiger charge is 2.15. The second kappa shape index (κ2) is 3.76. The monoisotopic (exact) mass is 232 g/mol. The number of hydrogen-bond donors (Lipinski definition) is 3. The third-order valence-corrected chi connectivity index (χ3v) is 2.27. The number of H-pyrrole nitrogens is 1. The summed E-state index contributed by atoms with van der Waals surface area (Å²) in [6.45, 7) is 6.00. The highest BCUT2D eigenvalue weighted by molar-refractivity contribution is 5.92. The number of nitrogen functional groups attached to an aromatic ring is 1. The maximum atomic E-state index is 11.8. The summed E-state index contributed by atoms with van der Waals surface area (Å²) >= 11 is 0. The van der Waals surface area contributed by atoms with Crippen LogP contribution in [0.4, 0.5) is 11.6 Å². The van der Waals surface area contributed by atoms with Crippen molar-refractivity contribution in [2.45, 2.75) is 26.3 Å². The predicted octanol–water partition coefficient (Wildman–Crippen LogP) is 1.72. The van der Waals surface area contributed by atoms with Crippen LogP contribution in [0.25, 0.3) is 10.8 Å². The molecule has 0 saturated heterocycles. The van der Waals surface area contributed by atoms with Gasteiger partial charge in [-0.1, -0.05) is 0 Å². The summed E-state index contributed by atoms with van der Waals surface area (Å²) in [6, 6.07) is 3.50. The molecule has 0 radical (unpaired) electrons. The highest BCUT2D eigenvalue weighted by atomic mass is 16.1. The van der Waals surface area contributed by atoms with Gasteiger partial charge < -0.3 is 16.0 Å². The van der Waals surface area contributed by atoms with Gasteiger partial charge in [0.25, 0.3) is 5.56 Å². The number of anilines is 2. The molecule has 0 fully saturated rings. The number of aromatic amines is 1. The van der Waals surface area contributed by atoms with Gasteiger partial charge in [-0.05, 0) is 38.3 Å². The van der Waals surface area contributed by atoms with Crippen LogP contribution in [0, 0.1) is 0 Å². The number of fused-ring (bicyclic) bond motifs is 1. The first-order valence-corrected chi connectivity index (χ1v) is 5.43. The molecule has 0 atom stereocenters. The lowest BCUT2D eigenvalue weighted by atomic mass is 10.1. The van der Waals surface area contributed by atoms with E-state index in [1.54, 1.807) is 12.3 Å². The average molecular weight is 232 g/mol. The van der Waals surface area contributed by atoms with E-state index in [4.69, 9.17) is 5.73 Å². The van der Waals surface area contributed by atoms with E-state index in [0.717, 1.165) is 5.39 Å². The van der Waals surface area contributed by atoms with Gasteiger partial charge in [0.05, 0.1) is 5.39 Å². The lowest BCUT2D eigenvalue weighted by Crippen LogP contribution is -2.28. The van der Waals surface area contributed by atoms with Gasteiger partial charge in [0.15, 0.2) is 0 Å². The van der Waals surface area contributed by atoms with E-state index >= 15 is 0 Å². The lowest BCUT2D eigenvalue weighted by molar-refractivity contribution is 0.631. The Balaban J connectivity index is 2.73. The molecule has 0 spiro atoms. The van der Waals surface area contributed by atoms with Crippen molar-refractivity contribution >= 4 is 22.4 Å². The van der Waals surface area contributed by atoms with E-state index in [2.05, 4.69) is 15.3 Å². The Morgan fingerprint density at radius 1 is 1.41 bits per heavy atom. The fourth-order valence-corrected chi connectivity index (χ4v) is 1.68. The predicted molar refractivity (Wildman–Crippen MR) is 70.2 cm³/mol. The number of rotatable bonds is 1. The summed E-state index contributed by atoms with van der Waals surface area (Å²) in [5.74, 6) is 0.921. The average Bonchev–Trinajstić information content (AvgIpc) is 2.13. The zero-order valence-electron chi connectivity index (χ0n) is 10.2. The summed E-state index contributed by atoms with van der Waals surface area (Å²) in [7, 11) is 0. The fraction of sp³-hybridized carbons (Fsp3) is 0.333. The number of nitrogens with one attached hydrogen (secondary N) is 2. The molecule has 2 aromatic heterocycles. The van der Waals surface area contributed by atoms with Crippen LogP contribution in [0.15, 0.2) is 23.1 Å². The van der Waals surface area contributed by atoms with Crippen LogP contribution in [0.2, 0.25) is 0 Å². The first-order chi connectivity index (χ1) is 7.87. The number of hydrogen-bond acceptors (Lipinski definition) is 4. The Kier molecular flexibility index (Phi) is 2.53. The van der Waals surface area contributed by atoms with Crippen molar-refractivity contribution in [3.8, 4) is 0 Å². The zero-order valence-corrected chi connectivity index (χ0v) is 10.2. The molecule has 90 valence electrons. The molecular weight excluding hydrogens is 216 g/mol. The van der Waals surface area contributed by atoms with Crippen molar-refractivity contribution in [2.75, 3.05) is 11.1 Å². The van der Waals surface area contributed by atoms with Gasteiger partial charge in [0.2, 0.25) is 0 Å². The molecule has 2 heterocycles. The molecule has 5 nitrogen and oxygen atoms in total. The molecule has 0 bridgehead atoms. The van der Waals surface area contributed by atoms with E-state index in [1.807, 2.05) is 26.8 Å². The van der Waals surface area contributed by atoms with Crippen LogP contribution in [0.3, 0.4) is 0 Å². The maximum absolute atomic E-state index is 11.8. The van der Waals surface area contributed by atoms with Crippen molar-refractivity contribution in [2.24, 2.45) is 0 Å². The van der Waals surface area contributed by atoms with Crippen LogP contribution in [-0.2, 0) is 0 Å². The Morgan fingerprint density at radius 2 is 2.12 bits per heavy atom. The number of aromatic nitrogens is 2. The first kappa shape index (κ1) is 11.4. The quantitative estimate of drug-likeness (QED) is 0.699. The standard InChI is InChI=1S/C12H16N4O/c1-12(2,3)16-10-9-7(6-8(13)15-10)4-5-14-11(9)17/h4-6H,1-3H3,(H,14,17)(H3,13,15,16). The molecule has 2 rings (SSSR count). The van der Waals surface area contributed by atoms with Gasteiger partial charge in [-0.2, -0.15) is 0 Å². The van der Waals surface area contributed by atoms with Crippen LogP contribution in [-0.4, -0.2) is 15.5 Å². The molecule has 0 amide bonds. The normalized spacial score (nSPS) is 11.7. The summed E-state index contributed by atoms with van der Waals surface area (Å²) in [5.41, 5.74) is 5.38. The Hall–Kier alpha value is -2.04. The molecule has 5 heteroatoms. The Labute approximate surface area is 99.1 Å². The molecule has 0 aromatic carbocycles. The molecule has 4 N–H and O–H groups in total. The number of nitrogens with zero attached hydrogens (tertiary/aromatic N) is 1. The minimum absolute atomic E-state index is 0.165. The second-order valence-corrected chi connectivity index (χ2v) is 5.04.